The lowest BCUT2D eigenvalue weighted by atomic mass is 9.85. The van der Waals surface area contributed by atoms with E-state index in [1.807, 2.05) is 30.3 Å². The number of benzene rings is 2. The molecule has 5 rings (SSSR count). The molecule has 2 aromatic carbocycles. The highest BCUT2D eigenvalue weighted by Gasteiger charge is 2.50. The zero-order valence-corrected chi connectivity index (χ0v) is 26.3. The van der Waals surface area contributed by atoms with Crippen LogP contribution in [0.4, 0.5) is 13.9 Å². The Bertz CT molecular complexity index is 1800. The summed E-state index contributed by atoms with van der Waals surface area (Å²) in [5.74, 6) is -1.52. The van der Waals surface area contributed by atoms with E-state index in [4.69, 9.17) is 9.79 Å². The van der Waals surface area contributed by atoms with Crippen molar-refractivity contribution in [2.75, 3.05) is 11.9 Å². The number of carbonyl (C=O) groups excluding carboxylic acids is 3. The number of likely N-dealkylation sites (tertiary alicyclic amines) is 1. The Morgan fingerprint density at radius 3 is 2.49 bits per heavy atom. The molecule has 1 aliphatic heterocycles. The van der Waals surface area contributed by atoms with Gasteiger partial charge in [0.1, 0.15) is 17.8 Å². The molecule has 2 aromatic heterocycles. The number of aromatic amines is 1. The third-order valence-corrected chi connectivity index (χ3v) is 9.55. The molecule has 4 aromatic rings. The maximum absolute atomic E-state index is 14.3. The summed E-state index contributed by atoms with van der Waals surface area (Å²) < 4.78 is 39.8. The molecule has 1 unspecified atom stereocenters. The number of nitrogens with one attached hydrogen (secondary N) is 3. The molecule has 1 saturated heterocycles. The summed E-state index contributed by atoms with van der Waals surface area (Å²) in [7, 11) is -5.78. The summed E-state index contributed by atoms with van der Waals surface area (Å²) in [6.45, 7) is 5.62. The van der Waals surface area contributed by atoms with E-state index in [1.165, 1.54) is 28.4 Å². The fraction of sp³-hybridized carbons (Fsp3) is 0.333. The van der Waals surface area contributed by atoms with E-state index in [0.29, 0.717) is 24.5 Å². The minimum atomic E-state index is -5.78. The van der Waals surface area contributed by atoms with Crippen molar-refractivity contribution in [2.45, 2.75) is 51.4 Å². The molecule has 238 valence electrons. The Hall–Kier alpha value is -3.97. The first-order chi connectivity index (χ1) is 21.1. The molecule has 3 amide bonds. The number of hydrogen-bond acceptors (Lipinski definition) is 6. The summed E-state index contributed by atoms with van der Waals surface area (Å²) in [6, 6.07) is 12.0. The second-order valence-electron chi connectivity index (χ2n) is 11.9. The first-order valence-electron chi connectivity index (χ1n) is 14.1. The van der Waals surface area contributed by atoms with E-state index in [2.05, 4.69) is 20.6 Å². The van der Waals surface area contributed by atoms with Crippen LogP contribution in [0, 0.1) is 5.41 Å². The Morgan fingerprint density at radius 1 is 1.11 bits per heavy atom. The number of carbonyl (C=O) groups is 3. The van der Waals surface area contributed by atoms with Gasteiger partial charge in [0.05, 0.1) is 4.88 Å². The first kappa shape index (κ1) is 32.4. The van der Waals surface area contributed by atoms with Crippen LogP contribution in [0.1, 0.15) is 49.7 Å². The number of rotatable bonds is 8. The molecule has 2 atom stereocenters. The Kier molecular flexibility index (Phi) is 8.71. The summed E-state index contributed by atoms with van der Waals surface area (Å²) in [5, 5.41) is 6.08. The molecule has 0 spiro atoms. The molecular weight excluding hydrogens is 627 g/mol. The van der Waals surface area contributed by atoms with Gasteiger partial charge in [-0.05, 0) is 42.0 Å². The van der Waals surface area contributed by atoms with Crippen LogP contribution in [0.15, 0.2) is 60.8 Å². The summed E-state index contributed by atoms with van der Waals surface area (Å²) in [5.41, 5.74) is -4.89. The molecule has 5 N–H and O–H groups in total. The van der Waals surface area contributed by atoms with Gasteiger partial charge >= 0.3 is 13.3 Å². The normalized spacial score (nSPS) is 16.5. The molecular formula is C30H32F2N5O6PS. The van der Waals surface area contributed by atoms with Crippen molar-refractivity contribution in [1.82, 2.24) is 20.2 Å². The van der Waals surface area contributed by atoms with Gasteiger partial charge in [-0.1, -0.05) is 68.5 Å². The van der Waals surface area contributed by atoms with Gasteiger partial charge < -0.3 is 30.3 Å². The lowest BCUT2D eigenvalue weighted by Crippen LogP contribution is -2.57. The quantitative estimate of drug-likeness (QED) is 0.160. The van der Waals surface area contributed by atoms with Crippen molar-refractivity contribution >= 4 is 52.7 Å². The number of aromatic nitrogens is 2. The number of fused-ring (bicyclic) bond motifs is 1. The number of amides is 3. The Balaban J connectivity index is 1.31. The number of hydrogen-bond donors (Lipinski definition) is 5. The van der Waals surface area contributed by atoms with E-state index in [1.54, 1.807) is 27.0 Å². The SMILES string of the molecule is CC(C)(C)C(NC(=O)c1cc2cc(C(F)(F)P(=O)(O)O)ccc2[nH]1)C(=O)N1CCC[C@H]1C(=O)Nc1ncc(-c2ccccc2)s1. The molecule has 45 heavy (non-hydrogen) atoms. The third-order valence-electron chi connectivity index (χ3n) is 7.60. The van der Waals surface area contributed by atoms with Crippen LogP contribution in [-0.2, 0) is 19.8 Å². The second-order valence-corrected chi connectivity index (χ2v) is 14.6. The number of thiazole rings is 1. The molecule has 0 aliphatic carbocycles. The van der Waals surface area contributed by atoms with Gasteiger partial charge in [-0.3, -0.25) is 18.9 Å². The highest BCUT2D eigenvalue weighted by atomic mass is 32.1. The zero-order chi connectivity index (χ0) is 32.7. The van der Waals surface area contributed by atoms with Crippen molar-refractivity contribution in [3.63, 3.8) is 0 Å². The van der Waals surface area contributed by atoms with Crippen molar-refractivity contribution in [3.05, 3.63) is 72.1 Å². The molecule has 0 saturated carbocycles. The molecule has 3 heterocycles. The summed E-state index contributed by atoms with van der Waals surface area (Å²) >= 11 is 1.32. The molecule has 1 aliphatic rings. The average Bonchev–Trinajstić information content (AvgIpc) is 3.74. The molecule has 1 fully saturated rings. The van der Waals surface area contributed by atoms with Gasteiger partial charge in [-0.15, -0.1) is 0 Å². The highest BCUT2D eigenvalue weighted by Crippen LogP contribution is 2.59. The van der Waals surface area contributed by atoms with Crippen molar-refractivity contribution in [2.24, 2.45) is 5.41 Å². The minimum Gasteiger partial charge on any atom is -0.351 e. The van der Waals surface area contributed by atoms with E-state index < -0.39 is 48.1 Å². The lowest BCUT2D eigenvalue weighted by Gasteiger charge is -2.35. The predicted octanol–water partition coefficient (Wildman–Crippen LogP) is 5.29. The fourth-order valence-corrected chi connectivity index (χ4v) is 6.49. The van der Waals surface area contributed by atoms with Gasteiger partial charge in [0.25, 0.3) is 5.91 Å². The monoisotopic (exact) mass is 659 g/mol. The molecule has 0 radical (unpaired) electrons. The topological polar surface area (TPSA) is 165 Å². The van der Waals surface area contributed by atoms with Crippen molar-refractivity contribution in [1.29, 1.82) is 0 Å². The van der Waals surface area contributed by atoms with Gasteiger partial charge in [0.2, 0.25) is 11.8 Å². The molecule has 0 bridgehead atoms. The smallest absolute Gasteiger partial charge is 0.351 e. The number of H-pyrrole nitrogens is 1. The standard InChI is InChI=1S/C30H32F2N5O6PS/c1-29(2,3)24(35-25(38)21-15-18-14-19(11-12-20(18)34-21)30(31,32)44(41,42)43)27(40)37-13-7-10-22(37)26(39)36-28-33-16-23(45-28)17-8-5-4-6-9-17/h4-6,8-9,11-12,14-16,22,24,34H,7,10,13H2,1-3H3,(H,35,38)(H,33,36,39)(H2,41,42,43)/t22-,24?/m0/s1. The summed E-state index contributed by atoms with van der Waals surface area (Å²) in [6.07, 6.45) is 2.70. The van der Waals surface area contributed by atoms with Crippen LogP contribution in [0.3, 0.4) is 0 Å². The fourth-order valence-electron chi connectivity index (χ4n) is 5.19. The maximum Gasteiger partial charge on any atom is 0.399 e. The minimum absolute atomic E-state index is 0.0441. The third kappa shape index (κ3) is 6.69. The first-order valence-corrected chi connectivity index (χ1v) is 16.5. The van der Waals surface area contributed by atoms with Gasteiger partial charge in [0, 0.05) is 29.2 Å². The van der Waals surface area contributed by atoms with Crippen molar-refractivity contribution < 1.29 is 37.5 Å². The largest absolute Gasteiger partial charge is 0.399 e. The van der Waals surface area contributed by atoms with Crippen LogP contribution in [0.25, 0.3) is 21.3 Å². The van der Waals surface area contributed by atoms with Gasteiger partial charge in [0.15, 0.2) is 5.13 Å². The maximum atomic E-state index is 14.3. The van der Waals surface area contributed by atoms with E-state index in [0.717, 1.165) is 22.6 Å². The van der Waals surface area contributed by atoms with E-state index >= 15 is 0 Å². The second kappa shape index (κ2) is 12.1. The Labute approximate surface area is 261 Å². The van der Waals surface area contributed by atoms with E-state index in [9.17, 15) is 27.7 Å². The Morgan fingerprint density at radius 2 is 1.82 bits per heavy atom. The zero-order valence-electron chi connectivity index (χ0n) is 24.6. The number of alkyl halides is 2. The van der Waals surface area contributed by atoms with Gasteiger partial charge in [-0.25, -0.2) is 4.98 Å². The van der Waals surface area contributed by atoms with Crippen LogP contribution >= 0.6 is 18.9 Å². The molecule has 11 nitrogen and oxygen atoms in total. The summed E-state index contributed by atoms with van der Waals surface area (Å²) in [4.78, 5) is 68.1. The predicted molar refractivity (Wildman–Crippen MR) is 166 cm³/mol. The lowest BCUT2D eigenvalue weighted by molar-refractivity contribution is -0.140. The van der Waals surface area contributed by atoms with Crippen molar-refractivity contribution in [3.8, 4) is 10.4 Å². The number of halogens is 2. The van der Waals surface area contributed by atoms with Crippen LogP contribution in [-0.4, -0.2) is 61.0 Å². The van der Waals surface area contributed by atoms with Crippen LogP contribution < -0.4 is 10.6 Å². The number of nitrogens with zero attached hydrogens (tertiary/aromatic N) is 2. The average molecular weight is 660 g/mol. The number of anilines is 1. The van der Waals surface area contributed by atoms with E-state index in [-0.39, 0.29) is 22.5 Å². The van der Waals surface area contributed by atoms with Gasteiger partial charge in [-0.2, -0.15) is 8.78 Å². The van der Waals surface area contributed by atoms with Crippen LogP contribution in [0.5, 0.6) is 0 Å². The molecule has 15 heteroatoms. The highest BCUT2D eigenvalue weighted by molar-refractivity contribution is 7.52. The van der Waals surface area contributed by atoms with Crippen LogP contribution in [0.2, 0.25) is 0 Å².